The second-order valence-electron chi connectivity index (χ2n) is 7.74. The Morgan fingerprint density at radius 2 is 2.12 bits per heavy atom. The van der Waals surface area contributed by atoms with Gasteiger partial charge in [0.15, 0.2) is 0 Å². The molecule has 3 rings (SSSR count). The number of fused-ring (bicyclic) bond motifs is 2. The summed E-state index contributed by atoms with van der Waals surface area (Å²) in [5.74, 6) is -2.96. The predicted octanol–water partition coefficient (Wildman–Crippen LogP) is 2.16. The van der Waals surface area contributed by atoms with Gasteiger partial charge < -0.3 is 19.7 Å². The average Bonchev–Trinajstić information content (AvgIpc) is 2.81. The third-order valence-electron chi connectivity index (χ3n) is 6.47. The van der Waals surface area contributed by atoms with Crippen molar-refractivity contribution in [2.24, 2.45) is 11.3 Å². The second kappa shape index (κ2) is 6.06. The van der Waals surface area contributed by atoms with Gasteiger partial charge in [0.2, 0.25) is 5.79 Å². The van der Waals surface area contributed by atoms with E-state index in [9.17, 15) is 19.8 Å². The highest BCUT2D eigenvalue weighted by Crippen LogP contribution is 2.57. The number of rotatable bonds is 2. The van der Waals surface area contributed by atoms with Gasteiger partial charge in [-0.15, -0.1) is 0 Å². The molecular formula is C20H26O6. The molecule has 1 saturated carbocycles. The average molecular weight is 362 g/mol. The lowest BCUT2D eigenvalue weighted by molar-refractivity contribution is -0.197. The Morgan fingerprint density at radius 1 is 1.46 bits per heavy atom. The molecule has 0 spiro atoms. The van der Waals surface area contributed by atoms with E-state index in [2.05, 4.69) is 0 Å². The van der Waals surface area contributed by atoms with Crippen LogP contribution in [-0.4, -0.2) is 40.1 Å². The van der Waals surface area contributed by atoms with Gasteiger partial charge in [0.25, 0.3) is 0 Å². The maximum atomic E-state index is 12.2. The highest BCUT2D eigenvalue weighted by Gasteiger charge is 2.61. The SMILES string of the molecule is CC=C(C)C(=O)OC1CC=C2CC3(O)OC(=O)C(C)=C3C(O)C2(C)C1C. The maximum Gasteiger partial charge on any atom is 0.336 e. The molecule has 0 aromatic carbocycles. The largest absolute Gasteiger partial charge is 0.458 e. The molecule has 142 valence electrons. The quantitative estimate of drug-likeness (QED) is 0.444. The van der Waals surface area contributed by atoms with Crippen LogP contribution in [0, 0.1) is 11.3 Å². The lowest BCUT2D eigenvalue weighted by Gasteiger charge is -2.53. The van der Waals surface area contributed by atoms with Crippen molar-refractivity contribution in [3.05, 3.63) is 34.4 Å². The molecule has 2 aliphatic carbocycles. The number of hydrogen-bond donors (Lipinski definition) is 2. The monoisotopic (exact) mass is 362 g/mol. The molecule has 3 aliphatic rings. The molecule has 2 N–H and O–H groups in total. The van der Waals surface area contributed by atoms with E-state index >= 15 is 0 Å². The molecule has 0 bridgehead atoms. The summed E-state index contributed by atoms with van der Waals surface area (Å²) in [7, 11) is 0. The number of hydrogen-bond acceptors (Lipinski definition) is 6. The van der Waals surface area contributed by atoms with Gasteiger partial charge in [-0.05, 0) is 20.8 Å². The summed E-state index contributed by atoms with van der Waals surface area (Å²) >= 11 is 0. The highest BCUT2D eigenvalue weighted by molar-refractivity contribution is 5.93. The first-order valence-corrected chi connectivity index (χ1v) is 8.94. The number of esters is 2. The first kappa shape index (κ1) is 18.9. The molecule has 0 saturated heterocycles. The molecule has 1 heterocycles. The Hall–Kier alpha value is -1.92. The fourth-order valence-electron chi connectivity index (χ4n) is 4.34. The Kier molecular flexibility index (Phi) is 4.40. The van der Waals surface area contributed by atoms with Crippen LogP contribution < -0.4 is 0 Å². The fourth-order valence-corrected chi connectivity index (χ4v) is 4.34. The molecule has 5 atom stereocenters. The van der Waals surface area contributed by atoms with Crippen LogP contribution in [0.15, 0.2) is 34.4 Å². The van der Waals surface area contributed by atoms with E-state index in [0.29, 0.717) is 12.0 Å². The van der Waals surface area contributed by atoms with Gasteiger partial charge in [-0.1, -0.05) is 31.6 Å². The van der Waals surface area contributed by atoms with Crippen LogP contribution in [0.1, 0.15) is 47.5 Å². The van der Waals surface area contributed by atoms with Gasteiger partial charge in [-0.2, -0.15) is 0 Å². The third-order valence-corrected chi connectivity index (χ3v) is 6.47. The lowest BCUT2D eigenvalue weighted by atomic mass is 9.56. The first-order chi connectivity index (χ1) is 12.1. The van der Waals surface area contributed by atoms with Gasteiger partial charge in [0, 0.05) is 40.9 Å². The summed E-state index contributed by atoms with van der Waals surface area (Å²) in [6, 6.07) is 0. The summed E-state index contributed by atoms with van der Waals surface area (Å²) in [5, 5.41) is 21.9. The molecule has 0 aromatic rings. The van der Waals surface area contributed by atoms with Crippen LogP contribution in [0.4, 0.5) is 0 Å². The Labute approximate surface area is 153 Å². The van der Waals surface area contributed by atoms with Gasteiger partial charge in [-0.25, -0.2) is 9.59 Å². The zero-order valence-electron chi connectivity index (χ0n) is 15.8. The van der Waals surface area contributed by atoms with Crippen molar-refractivity contribution < 1.29 is 29.3 Å². The van der Waals surface area contributed by atoms with E-state index in [1.165, 1.54) is 0 Å². The lowest BCUT2D eigenvalue weighted by Crippen LogP contribution is -2.57. The van der Waals surface area contributed by atoms with Gasteiger partial charge in [-0.3, -0.25) is 0 Å². The van der Waals surface area contributed by atoms with E-state index in [0.717, 1.165) is 5.57 Å². The summed E-state index contributed by atoms with van der Waals surface area (Å²) in [4.78, 5) is 24.1. The van der Waals surface area contributed by atoms with E-state index in [4.69, 9.17) is 9.47 Å². The number of carbonyl (C=O) groups excluding carboxylic acids is 2. The molecule has 0 amide bonds. The topological polar surface area (TPSA) is 93.1 Å². The minimum Gasteiger partial charge on any atom is -0.458 e. The van der Waals surface area contributed by atoms with E-state index in [1.807, 2.05) is 19.9 Å². The van der Waals surface area contributed by atoms with Gasteiger partial charge >= 0.3 is 11.9 Å². The van der Waals surface area contributed by atoms with Crippen LogP contribution in [0.5, 0.6) is 0 Å². The maximum absolute atomic E-state index is 12.2. The third kappa shape index (κ3) is 2.47. The van der Waals surface area contributed by atoms with Crippen molar-refractivity contribution in [2.45, 2.75) is 65.5 Å². The van der Waals surface area contributed by atoms with Crippen molar-refractivity contribution in [1.82, 2.24) is 0 Å². The van der Waals surface area contributed by atoms with Crippen LogP contribution in [0.25, 0.3) is 0 Å². The molecular weight excluding hydrogens is 336 g/mol. The first-order valence-electron chi connectivity index (χ1n) is 8.94. The van der Waals surface area contributed by atoms with Crippen molar-refractivity contribution in [2.75, 3.05) is 0 Å². The molecule has 1 fully saturated rings. The van der Waals surface area contributed by atoms with E-state index < -0.39 is 29.4 Å². The highest BCUT2D eigenvalue weighted by atomic mass is 16.7. The van der Waals surface area contributed by atoms with Crippen molar-refractivity contribution in [1.29, 1.82) is 0 Å². The summed E-state index contributed by atoms with van der Waals surface area (Å²) in [5.41, 5.74) is 1.07. The van der Waals surface area contributed by atoms with Crippen molar-refractivity contribution in [3.63, 3.8) is 0 Å². The van der Waals surface area contributed by atoms with Crippen LogP contribution >= 0.6 is 0 Å². The molecule has 1 aliphatic heterocycles. The molecule has 0 aromatic heterocycles. The van der Waals surface area contributed by atoms with Crippen LogP contribution in [-0.2, 0) is 19.1 Å². The normalized spacial score (nSPS) is 39.8. The zero-order chi connectivity index (χ0) is 19.4. The number of ether oxygens (including phenoxy) is 2. The molecule has 26 heavy (non-hydrogen) atoms. The number of aliphatic hydroxyl groups excluding tert-OH is 1. The summed E-state index contributed by atoms with van der Waals surface area (Å²) in [6.07, 6.45) is 2.71. The van der Waals surface area contributed by atoms with Crippen LogP contribution in [0.2, 0.25) is 0 Å². The van der Waals surface area contributed by atoms with Crippen molar-refractivity contribution >= 4 is 11.9 Å². The van der Waals surface area contributed by atoms with Crippen LogP contribution in [0.3, 0.4) is 0 Å². The Balaban J connectivity index is 1.98. The number of allylic oxidation sites excluding steroid dienone is 1. The fraction of sp³-hybridized carbons (Fsp3) is 0.600. The molecule has 6 heteroatoms. The standard InChI is InChI=1S/C20H26O6/c1-6-10(2)17(22)25-14-8-7-13-9-20(24)15(11(3)18(23)26-20)16(21)19(13,5)12(14)4/h6-7,12,14,16,21,24H,8-9H2,1-5H3. The Morgan fingerprint density at radius 3 is 2.73 bits per heavy atom. The Bertz CT molecular complexity index is 760. The second-order valence-corrected chi connectivity index (χ2v) is 7.74. The minimum absolute atomic E-state index is 0.123. The predicted molar refractivity (Wildman–Crippen MR) is 93.6 cm³/mol. The molecule has 0 radical (unpaired) electrons. The summed E-state index contributed by atoms with van der Waals surface area (Å²) in [6.45, 7) is 8.84. The molecule has 6 nitrogen and oxygen atoms in total. The summed E-state index contributed by atoms with van der Waals surface area (Å²) < 4.78 is 10.8. The van der Waals surface area contributed by atoms with E-state index in [-0.39, 0.29) is 29.5 Å². The van der Waals surface area contributed by atoms with Gasteiger partial charge in [0.05, 0.1) is 6.10 Å². The minimum atomic E-state index is -1.78. The van der Waals surface area contributed by atoms with E-state index in [1.54, 1.807) is 26.8 Å². The molecule has 5 unspecified atom stereocenters. The van der Waals surface area contributed by atoms with Crippen molar-refractivity contribution in [3.8, 4) is 0 Å². The smallest absolute Gasteiger partial charge is 0.336 e. The van der Waals surface area contributed by atoms with Gasteiger partial charge in [0.1, 0.15) is 6.10 Å². The zero-order valence-corrected chi connectivity index (χ0v) is 15.8. The number of carbonyl (C=O) groups is 2. The number of aliphatic hydroxyl groups is 2.